The molecule has 4 saturated carbocycles. The molecule has 0 amide bonds. The molecule has 0 heterocycles. The summed E-state index contributed by atoms with van der Waals surface area (Å²) in [6.45, 7) is 12.6. The van der Waals surface area contributed by atoms with Crippen molar-refractivity contribution >= 4 is 12.1 Å². The molecule has 9 atom stereocenters. The number of ketones is 1. The maximum Gasteiger partial charge on any atom is 0.150 e. The van der Waals surface area contributed by atoms with E-state index in [2.05, 4.69) is 46.8 Å². The molecular formula is C35H52O2. The molecule has 204 valence electrons. The predicted octanol–water partition coefficient (Wildman–Crippen LogP) is 8.96. The second-order valence-corrected chi connectivity index (χ2v) is 14.7. The highest BCUT2D eigenvalue weighted by molar-refractivity contribution is 5.83. The van der Waals surface area contributed by atoms with Crippen LogP contribution in [0.1, 0.15) is 121 Å². The van der Waals surface area contributed by atoms with Gasteiger partial charge in [-0.05, 0) is 109 Å². The van der Waals surface area contributed by atoms with E-state index in [-0.39, 0.29) is 5.92 Å². The number of fused-ring (bicyclic) bond motifs is 5. The second kappa shape index (κ2) is 10.6. The summed E-state index contributed by atoms with van der Waals surface area (Å²) >= 11 is 0. The molecule has 0 N–H and O–H groups in total. The Hall–Kier alpha value is -1.44. The summed E-state index contributed by atoms with van der Waals surface area (Å²) in [5.74, 6) is 6.34. The Balaban J connectivity index is 1.31. The van der Waals surface area contributed by atoms with E-state index in [9.17, 15) is 9.59 Å². The van der Waals surface area contributed by atoms with Crippen LogP contribution >= 0.6 is 0 Å². The second-order valence-electron chi connectivity index (χ2n) is 14.7. The summed E-state index contributed by atoms with van der Waals surface area (Å²) in [5, 5.41) is 0. The molecule has 1 aromatic carbocycles. The largest absolute Gasteiger partial charge is 0.299 e. The highest BCUT2D eigenvalue weighted by atomic mass is 16.1. The summed E-state index contributed by atoms with van der Waals surface area (Å²) in [7, 11) is 0. The van der Waals surface area contributed by atoms with E-state index in [1.807, 2.05) is 12.1 Å². The van der Waals surface area contributed by atoms with Gasteiger partial charge >= 0.3 is 0 Å². The van der Waals surface area contributed by atoms with Crippen LogP contribution in [0.3, 0.4) is 0 Å². The van der Waals surface area contributed by atoms with Crippen LogP contribution in [0.15, 0.2) is 24.3 Å². The van der Waals surface area contributed by atoms with Gasteiger partial charge in [-0.1, -0.05) is 78.1 Å². The third-order valence-electron chi connectivity index (χ3n) is 12.5. The van der Waals surface area contributed by atoms with Gasteiger partial charge in [0.25, 0.3) is 0 Å². The SMILES string of the molecule is CC(C)CCC[C@@H](C)[C@H]1CC[C@H]2[C@@H]3CC[C@H]4[C@H](Cc5ccc(C=O)cc5)C(=O)CC[C@]4(C)[C@H]3CC[C@]12C. The quantitative estimate of drug-likeness (QED) is 0.331. The summed E-state index contributed by atoms with van der Waals surface area (Å²) < 4.78 is 0. The maximum atomic E-state index is 13.3. The molecular weight excluding hydrogens is 452 g/mol. The molecule has 0 saturated heterocycles. The van der Waals surface area contributed by atoms with Crippen LogP contribution in [-0.4, -0.2) is 12.1 Å². The van der Waals surface area contributed by atoms with Crippen molar-refractivity contribution < 1.29 is 9.59 Å². The molecule has 0 radical (unpaired) electrons. The summed E-state index contributed by atoms with van der Waals surface area (Å²) in [6, 6.07) is 7.96. The van der Waals surface area contributed by atoms with Crippen LogP contribution in [0.2, 0.25) is 0 Å². The first kappa shape index (κ1) is 27.1. The van der Waals surface area contributed by atoms with E-state index < -0.39 is 0 Å². The number of hydrogen-bond donors (Lipinski definition) is 0. The molecule has 5 rings (SSSR count). The standard InChI is InChI=1S/C35H52O2/c1-23(2)7-6-8-24(3)29-15-16-30-27-13-14-31-28(21-25-9-11-26(22-36)12-10-25)33(37)18-20-35(31,5)32(27)17-19-34(29,30)4/h9-12,22-24,27-32H,6-8,13-21H2,1-5H3/t24-,27+,28+,29-,30+,31+,32+,34-,35+/m1/s1. The van der Waals surface area contributed by atoms with Crippen molar-refractivity contribution in [2.24, 2.45) is 58.2 Å². The number of carbonyl (C=O) groups is 2. The van der Waals surface area contributed by atoms with Crippen LogP contribution in [0.25, 0.3) is 0 Å². The average molecular weight is 505 g/mol. The van der Waals surface area contributed by atoms with Gasteiger partial charge in [0.2, 0.25) is 0 Å². The molecule has 4 aliphatic rings. The molecule has 0 unspecified atom stereocenters. The number of Topliss-reactive ketones (excluding diaryl/α,β-unsaturated/α-hetero) is 1. The lowest BCUT2D eigenvalue weighted by Gasteiger charge is -2.62. The fraction of sp³-hybridized carbons (Fsp3) is 0.771. The van der Waals surface area contributed by atoms with Crippen molar-refractivity contribution in [3.8, 4) is 0 Å². The lowest BCUT2D eigenvalue weighted by atomic mass is 9.43. The van der Waals surface area contributed by atoms with E-state index in [0.717, 1.165) is 66.6 Å². The Labute approximate surface area is 226 Å². The Morgan fingerprint density at radius 1 is 0.865 bits per heavy atom. The van der Waals surface area contributed by atoms with Crippen molar-refractivity contribution in [1.29, 1.82) is 0 Å². The van der Waals surface area contributed by atoms with Gasteiger partial charge in [0, 0.05) is 17.9 Å². The van der Waals surface area contributed by atoms with Crippen LogP contribution < -0.4 is 0 Å². The summed E-state index contributed by atoms with van der Waals surface area (Å²) in [4.78, 5) is 24.4. The third-order valence-corrected chi connectivity index (χ3v) is 12.5. The van der Waals surface area contributed by atoms with Crippen LogP contribution in [0, 0.1) is 58.2 Å². The number of hydrogen-bond acceptors (Lipinski definition) is 2. The van der Waals surface area contributed by atoms with Crippen molar-refractivity contribution in [1.82, 2.24) is 0 Å². The highest BCUT2D eigenvalue weighted by Gasteiger charge is 2.61. The van der Waals surface area contributed by atoms with Gasteiger partial charge in [0.1, 0.15) is 12.1 Å². The monoisotopic (exact) mass is 504 g/mol. The van der Waals surface area contributed by atoms with Crippen molar-refractivity contribution in [3.63, 3.8) is 0 Å². The van der Waals surface area contributed by atoms with E-state index in [4.69, 9.17) is 0 Å². The van der Waals surface area contributed by atoms with E-state index in [0.29, 0.717) is 22.5 Å². The molecule has 4 fully saturated rings. The zero-order chi connectivity index (χ0) is 26.4. The van der Waals surface area contributed by atoms with Crippen LogP contribution in [0.4, 0.5) is 0 Å². The summed E-state index contributed by atoms with van der Waals surface area (Å²) in [6.07, 6.45) is 16.1. The first-order valence-corrected chi connectivity index (χ1v) is 15.7. The van der Waals surface area contributed by atoms with Gasteiger partial charge in [-0.2, -0.15) is 0 Å². The fourth-order valence-electron chi connectivity index (χ4n) is 10.6. The minimum absolute atomic E-state index is 0.160. The minimum Gasteiger partial charge on any atom is -0.299 e. The number of carbonyl (C=O) groups excluding carboxylic acids is 2. The average Bonchev–Trinajstić information content (AvgIpc) is 3.23. The first-order valence-electron chi connectivity index (χ1n) is 15.7. The number of aldehydes is 1. The van der Waals surface area contributed by atoms with Gasteiger partial charge in [0.05, 0.1) is 0 Å². The molecule has 37 heavy (non-hydrogen) atoms. The van der Waals surface area contributed by atoms with E-state index >= 15 is 0 Å². The number of benzene rings is 1. The Kier molecular flexibility index (Phi) is 7.78. The first-order chi connectivity index (χ1) is 17.7. The fourth-order valence-corrected chi connectivity index (χ4v) is 10.6. The van der Waals surface area contributed by atoms with E-state index in [1.54, 1.807) is 0 Å². The lowest BCUT2D eigenvalue weighted by molar-refractivity contribution is -0.152. The van der Waals surface area contributed by atoms with Crippen molar-refractivity contribution in [3.05, 3.63) is 35.4 Å². The Morgan fingerprint density at radius 3 is 2.27 bits per heavy atom. The van der Waals surface area contributed by atoms with E-state index in [1.165, 1.54) is 63.4 Å². The van der Waals surface area contributed by atoms with Crippen molar-refractivity contribution in [2.45, 2.75) is 112 Å². The van der Waals surface area contributed by atoms with Crippen molar-refractivity contribution in [2.75, 3.05) is 0 Å². The minimum atomic E-state index is 0.160. The van der Waals surface area contributed by atoms with Gasteiger partial charge in [0.15, 0.2) is 0 Å². The zero-order valence-corrected chi connectivity index (χ0v) is 24.3. The smallest absolute Gasteiger partial charge is 0.150 e. The van der Waals surface area contributed by atoms with Gasteiger partial charge in [-0.3, -0.25) is 9.59 Å². The molecule has 0 aliphatic heterocycles. The summed E-state index contributed by atoms with van der Waals surface area (Å²) in [5.41, 5.74) is 2.79. The molecule has 0 aromatic heterocycles. The molecule has 2 heteroatoms. The van der Waals surface area contributed by atoms with Gasteiger partial charge < -0.3 is 0 Å². The third kappa shape index (κ3) is 4.89. The lowest BCUT2D eigenvalue weighted by Crippen LogP contribution is -2.56. The Bertz CT molecular complexity index is 962. The zero-order valence-electron chi connectivity index (χ0n) is 24.3. The molecule has 0 spiro atoms. The molecule has 2 nitrogen and oxygen atoms in total. The maximum absolute atomic E-state index is 13.3. The highest BCUT2D eigenvalue weighted by Crippen LogP contribution is 2.68. The molecule has 4 aliphatic carbocycles. The topological polar surface area (TPSA) is 34.1 Å². The van der Waals surface area contributed by atoms with Gasteiger partial charge in [-0.25, -0.2) is 0 Å². The number of rotatable bonds is 8. The Morgan fingerprint density at radius 2 is 1.57 bits per heavy atom. The predicted molar refractivity (Wildman–Crippen MR) is 152 cm³/mol. The molecule has 1 aromatic rings. The normalized spacial score (nSPS) is 40.1. The molecule has 0 bridgehead atoms. The van der Waals surface area contributed by atoms with Crippen LogP contribution in [0.5, 0.6) is 0 Å². The van der Waals surface area contributed by atoms with Crippen LogP contribution in [-0.2, 0) is 11.2 Å². The van der Waals surface area contributed by atoms with Gasteiger partial charge in [-0.15, -0.1) is 0 Å².